The highest BCUT2D eigenvalue weighted by atomic mass is 27.2. The van der Waals surface area contributed by atoms with Crippen LogP contribution >= 0.6 is 0 Å². The van der Waals surface area contributed by atoms with Crippen molar-refractivity contribution < 1.29 is 0 Å². The maximum absolute atomic E-state index is 2.66. The quantitative estimate of drug-likeness (QED) is 0.117. The van der Waals surface area contributed by atoms with Gasteiger partial charge in [-0.25, -0.2) is 0 Å². The smallest absolute Gasteiger partial charge is 0.0910 e. The normalized spacial score (nSPS) is 17.2. The molecule has 0 amide bonds. The van der Waals surface area contributed by atoms with Crippen LogP contribution in [0.1, 0.15) is 159 Å². The van der Waals surface area contributed by atoms with Crippen molar-refractivity contribution in [2.45, 2.75) is 174 Å². The highest BCUT2D eigenvalue weighted by molar-refractivity contribution is 6.59. The van der Waals surface area contributed by atoms with Crippen molar-refractivity contribution in [1.29, 1.82) is 0 Å². The number of rotatable bonds is 24. The minimum absolute atomic E-state index is 0.752. The Bertz CT molecular complexity index is 357. The van der Waals surface area contributed by atoms with Crippen LogP contribution in [0.2, 0.25) is 15.8 Å². The molecule has 1 heteroatoms. The van der Waals surface area contributed by atoms with E-state index in [0.29, 0.717) is 0 Å². The first kappa shape index (κ1) is 34.5. The summed E-state index contributed by atoms with van der Waals surface area (Å²) in [4.78, 5) is 0. The van der Waals surface area contributed by atoms with Gasteiger partial charge >= 0.3 is 0 Å². The van der Waals surface area contributed by atoms with Gasteiger partial charge in [0.15, 0.2) is 0 Å². The summed E-state index contributed by atoms with van der Waals surface area (Å²) < 4.78 is 0. The van der Waals surface area contributed by atoms with Crippen LogP contribution in [0.4, 0.5) is 0 Å². The predicted octanol–water partition coefficient (Wildman–Crippen LogP) is 12.2. The Morgan fingerprint density at radius 1 is 0.382 bits per heavy atom. The number of hydrogen-bond acceptors (Lipinski definition) is 0. The second kappa shape index (κ2) is 22.7. The van der Waals surface area contributed by atoms with E-state index in [9.17, 15) is 0 Å². The molecule has 0 saturated heterocycles. The average Bonchev–Trinajstić information content (AvgIpc) is 2.81. The second-order valence-electron chi connectivity index (χ2n) is 12.6. The molecule has 6 atom stereocenters. The van der Waals surface area contributed by atoms with Gasteiger partial charge in [-0.15, -0.1) is 0 Å². The van der Waals surface area contributed by atoms with Crippen LogP contribution in [-0.2, 0) is 0 Å². The van der Waals surface area contributed by atoms with Crippen molar-refractivity contribution in [2.75, 3.05) is 0 Å². The molecule has 0 aliphatic rings. The molecule has 0 rings (SSSR count). The van der Waals surface area contributed by atoms with E-state index in [0.717, 1.165) is 35.5 Å². The molecule has 34 heavy (non-hydrogen) atoms. The van der Waals surface area contributed by atoms with E-state index in [1.807, 2.05) is 0 Å². The minimum Gasteiger partial charge on any atom is -0.0910 e. The van der Waals surface area contributed by atoms with Crippen molar-refractivity contribution in [3.05, 3.63) is 0 Å². The van der Waals surface area contributed by atoms with E-state index in [4.69, 9.17) is 0 Å². The van der Waals surface area contributed by atoms with Crippen molar-refractivity contribution in [3.63, 3.8) is 0 Å². The topological polar surface area (TPSA) is 0 Å². The van der Waals surface area contributed by atoms with Crippen LogP contribution in [0.25, 0.3) is 0 Å². The largest absolute Gasteiger partial charge is 0.262 e. The first-order valence-electron chi connectivity index (χ1n) is 16.4. The first-order valence-corrected chi connectivity index (χ1v) is 18.8. The van der Waals surface area contributed by atoms with Crippen molar-refractivity contribution >= 4 is 14.1 Å². The van der Waals surface area contributed by atoms with Crippen LogP contribution in [-0.4, -0.2) is 14.1 Å². The van der Waals surface area contributed by atoms with Crippen LogP contribution in [0.15, 0.2) is 0 Å². The van der Waals surface area contributed by atoms with Gasteiger partial charge in [-0.05, 0) is 17.8 Å². The Morgan fingerprint density at radius 3 is 0.853 bits per heavy atom. The van der Waals surface area contributed by atoms with Crippen LogP contribution in [0.5, 0.6) is 0 Å². The zero-order chi connectivity index (χ0) is 25.8. The third-order valence-electron chi connectivity index (χ3n) is 9.29. The molecule has 204 valence electrons. The molecule has 0 aromatic heterocycles. The third-order valence-corrected chi connectivity index (χ3v) is 13.5. The summed E-state index contributed by atoms with van der Waals surface area (Å²) in [7, 11) is 0. The summed E-state index contributed by atoms with van der Waals surface area (Å²) in [5.74, 6) is 5.85. The third kappa shape index (κ3) is 15.6. The van der Waals surface area contributed by atoms with Gasteiger partial charge in [0.2, 0.25) is 0 Å². The van der Waals surface area contributed by atoms with E-state index in [1.165, 1.54) is 96.3 Å². The molecule has 0 N–H and O–H groups in total. The fraction of sp³-hybridized carbons (Fsp3) is 1.00. The summed E-state index contributed by atoms with van der Waals surface area (Å²) in [6.45, 7) is 22.4. The van der Waals surface area contributed by atoms with Gasteiger partial charge in [0.25, 0.3) is 14.1 Å². The summed E-state index contributed by atoms with van der Waals surface area (Å²) in [5.41, 5.74) is 0. The summed E-state index contributed by atoms with van der Waals surface area (Å²) in [6.07, 6.45) is 21.4. The molecule has 0 bridgehead atoms. The lowest BCUT2D eigenvalue weighted by Crippen LogP contribution is -2.29. The molecule has 0 fully saturated rings. The second-order valence-corrected chi connectivity index (χ2v) is 15.7. The zero-order valence-electron chi connectivity index (χ0n) is 25.8. The molecule has 0 aromatic carbocycles. The van der Waals surface area contributed by atoms with Gasteiger partial charge in [-0.2, -0.15) is 0 Å². The average molecular weight is 493 g/mol. The molecule has 0 radical (unpaired) electrons. The molecule has 0 aromatic rings. The minimum atomic E-state index is -0.752. The lowest BCUT2D eigenvalue weighted by atomic mass is 9.86. The van der Waals surface area contributed by atoms with Gasteiger partial charge in [-0.3, -0.25) is 0 Å². The molecule has 0 spiro atoms. The van der Waals surface area contributed by atoms with Crippen LogP contribution in [0, 0.1) is 35.5 Å². The van der Waals surface area contributed by atoms with Gasteiger partial charge in [0.1, 0.15) is 0 Å². The maximum Gasteiger partial charge on any atom is 0.262 e. The number of unbranched alkanes of at least 4 members (excludes halogenated alkanes) is 3. The Kier molecular flexibility index (Phi) is 23.1. The Morgan fingerprint density at radius 2 is 0.647 bits per heavy atom. The van der Waals surface area contributed by atoms with E-state index in [1.54, 1.807) is 15.8 Å². The molecular formula is C33H69Al. The van der Waals surface area contributed by atoms with E-state index in [-0.39, 0.29) is 0 Å². The molecular weight excluding hydrogens is 423 g/mol. The highest BCUT2D eigenvalue weighted by Gasteiger charge is 2.31. The van der Waals surface area contributed by atoms with Crippen molar-refractivity contribution in [1.82, 2.24) is 0 Å². The Labute approximate surface area is 223 Å². The van der Waals surface area contributed by atoms with Crippen molar-refractivity contribution in [2.24, 2.45) is 35.5 Å². The van der Waals surface area contributed by atoms with Crippen molar-refractivity contribution in [3.8, 4) is 0 Å². The van der Waals surface area contributed by atoms with Gasteiger partial charge < -0.3 is 0 Å². The van der Waals surface area contributed by atoms with E-state index >= 15 is 0 Å². The van der Waals surface area contributed by atoms with Crippen LogP contribution < -0.4 is 0 Å². The van der Waals surface area contributed by atoms with E-state index < -0.39 is 14.1 Å². The molecule has 0 saturated carbocycles. The fourth-order valence-corrected chi connectivity index (χ4v) is 12.0. The van der Waals surface area contributed by atoms with Crippen LogP contribution in [0.3, 0.4) is 0 Å². The molecule has 0 nitrogen and oxygen atoms in total. The fourth-order valence-electron chi connectivity index (χ4n) is 7.09. The summed E-state index contributed by atoms with van der Waals surface area (Å²) >= 11 is -0.752. The van der Waals surface area contributed by atoms with Gasteiger partial charge in [0.05, 0.1) is 0 Å². The standard InChI is InChI=1S/3C11H23.Al/c3*1-5-7-9-11(8-6-2)10(3)4;/h3*10-11H,3,5-9H2,1-2,4H3;. The highest BCUT2D eigenvalue weighted by Crippen LogP contribution is 2.36. The Hall–Kier alpha value is 0.532. The lowest BCUT2D eigenvalue weighted by Gasteiger charge is -2.32. The SMILES string of the molecule is CCCCC(CCC)C(C)[CH2][Al]([CH2]C(C)C(CCC)CCCC)[CH2]C(C)C(CCC)CCCC. The zero-order valence-corrected chi connectivity index (χ0v) is 26.9. The van der Waals surface area contributed by atoms with Gasteiger partial charge in [-0.1, -0.05) is 192 Å². The monoisotopic (exact) mass is 493 g/mol. The number of hydrogen-bond donors (Lipinski definition) is 0. The molecule has 0 heterocycles. The first-order chi connectivity index (χ1) is 16.4. The Balaban J connectivity index is 5.48. The molecule has 6 unspecified atom stereocenters. The van der Waals surface area contributed by atoms with E-state index in [2.05, 4.69) is 62.3 Å². The predicted molar refractivity (Wildman–Crippen MR) is 161 cm³/mol. The molecule has 0 aliphatic carbocycles. The summed E-state index contributed by atoms with van der Waals surface area (Å²) in [5, 5.41) is 4.88. The van der Waals surface area contributed by atoms with Gasteiger partial charge in [0, 0.05) is 0 Å². The lowest BCUT2D eigenvalue weighted by molar-refractivity contribution is 0.305. The molecule has 0 aliphatic heterocycles. The maximum atomic E-state index is 2.66. The summed E-state index contributed by atoms with van der Waals surface area (Å²) in [6, 6.07) is 0.